The number of pyridine rings is 1. The Labute approximate surface area is 200 Å². The van der Waals surface area contributed by atoms with Gasteiger partial charge in [0, 0.05) is 24.6 Å². The number of anilines is 1. The first-order valence-corrected chi connectivity index (χ1v) is 11.4. The van der Waals surface area contributed by atoms with Crippen LogP contribution in [0.3, 0.4) is 0 Å². The minimum atomic E-state index is -4.43. The van der Waals surface area contributed by atoms with Crippen molar-refractivity contribution in [3.8, 4) is 0 Å². The second kappa shape index (κ2) is 9.46. The van der Waals surface area contributed by atoms with Gasteiger partial charge in [0.1, 0.15) is 23.4 Å². The van der Waals surface area contributed by atoms with Gasteiger partial charge in [-0.25, -0.2) is 15.0 Å². The van der Waals surface area contributed by atoms with E-state index in [4.69, 9.17) is 15.9 Å². The molecule has 4 heterocycles. The van der Waals surface area contributed by atoms with Crippen LogP contribution in [0.25, 0.3) is 16.7 Å². The van der Waals surface area contributed by atoms with Crippen LogP contribution in [-0.4, -0.2) is 39.9 Å². The Kier molecular flexibility index (Phi) is 6.74. The lowest BCUT2D eigenvalue weighted by atomic mass is 9.98. The molecule has 188 valence electrons. The lowest BCUT2D eigenvalue weighted by Crippen LogP contribution is -2.15. The van der Waals surface area contributed by atoms with Gasteiger partial charge in [-0.05, 0) is 75.6 Å². The number of aromatic nitrogens is 5. The molecule has 0 radical (unpaired) electrons. The Morgan fingerprint density at radius 2 is 1.86 bits per heavy atom. The monoisotopic (exact) mass is 490 g/mol. The Balaban J connectivity index is 0.000000527. The molecule has 0 saturated heterocycles. The van der Waals surface area contributed by atoms with E-state index in [1.165, 1.54) is 24.6 Å². The molecule has 4 aromatic rings. The van der Waals surface area contributed by atoms with E-state index in [9.17, 15) is 13.2 Å². The van der Waals surface area contributed by atoms with Gasteiger partial charge in [0.05, 0.1) is 5.39 Å². The standard InChI is InChI=1S/C21H21F3N6.C3H8O2/c22-21(23,24)17-11-29-7-5-14(10-18(29)28-17)2-1-13-3-4-15(9-13)30-8-6-16-19(25)26-12-27-20(16)30;1-3(2,4)5/h5-8,10-13,15H,1-4,9H2,(H2,25,26,27);4-5H,1-2H3. The second-order valence-corrected chi connectivity index (χ2v) is 9.51. The molecule has 11 heteroatoms. The molecule has 0 aromatic carbocycles. The van der Waals surface area contributed by atoms with E-state index in [0.717, 1.165) is 54.9 Å². The third-order valence-electron chi connectivity index (χ3n) is 6.10. The number of nitrogens with zero attached hydrogens (tertiary/aromatic N) is 5. The van der Waals surface area contributed by atoms with E-state index in [-0.39, 0.29) is 0 Å². The molecule has 4 aromatic heterocycles. The summed E-state index contributed by atoms with van der Waals surface area (Å²) in [5, 5.41) is 17.0. The van der Waals surface area contributed by atoms with Gasteiger partial charge in [-0.1, -0.05) is 0 Å². The first kappa shape index (κ1) is 24.9. The van der Waals surface area contributed by atoms with E-state index >= 15 is 0 Å². The minimum absolute atomic E-state index is 0.334. The molecule has 2 atom stereocenters. The zero-order valence-corrected chi connectivity index (χ0v) is 19.6. The van der Waals surface area contributed by atoms with Crippen LogP contribution in [0.4, 0.5) is 19.0 Å². The lowest BCUT2D eigenvalue weighted by molar-refractivity contribution is -0.140. The van der Waals surface area contributed by atoms with E-state index in [1.807, 2.05) is 18.3 Å². The van der Waals surface area contributed by atoms with Crippen LogP contribution in [0.15, 0.2) is 43.1 Å². The summed E-state index contributed by atoms with van der Waals surface area (Å²) in [5.41, 5.74) is 7.30. The molecular formula is C24H29F3N6O2. The van der Waals surface area contributed by atoms with Crippen LogP contribution >= 0.6 is 0 Å². The Morgan fingerprint density at radius 1 is 1.11 bits per heavy atom. The van der Waals surface area contributed by atoms with Crippen molar-refractivity contribution in [2.75, 3.05) is 5.73 Å². The molecule has 4 N–H and O–H groups in total. The van der Waals surface area contributed by atoms with Gasteiger partial charge in [-0.2, -0.15) is 13.2 Å². The number of rotatable bonds is 4. The van der Waals surface area contributed by atoms with Gasteiger partial charge in [-0.15, -0.1) is 0 Å². The van der Waals surface area contributed by atoms with Crippen LogP contribution in [0.2, 0.25) is 0 Å². The largest absolute Gasteiger partial charge is 0.434 e. The average molecular weight is 491 g/mol. The van der Waals surface area contributed by atoms with E-state index < -0.39 is 17.7 Å². The molecule has 8 nitrogen and oxygen atoms in total. The molecule has 1 fully saturated rings. The summed E-state index contributed by atoms with van der Waals surface area (Å²) in [4.78, 5) is 12.2. The molecule has 5 rings (SSSR count). The molecule has 0 amide bonds. The predicted octanol–water partition coefficient (Wildman–Crippen LogP) is 4.36. The highest BCUT2D eigenvalue weighted by Crippen LogP contribution is 2.39. The van der Waals surface area contributed by atoms with Crippen molar-refractivity contribution in [2.45, 2.75) is 64.0 Å². The number of alkyl halides is 3. The lowest BCUT2D eigenvalue weighted by Gasteiger charge is -2.14. The zero-order valence-electron chi connectivity index (χ0n) is 19.6. The Hall–Kier alpha value is -3.18. The SMILES string of the molecule is CC(C)(O)O.Nc1ncnc2c1ccn2C1CCC(CCc2ccn3cc(C(F)(F)F)nc3c2)C1. The maximum atomic E-state index is 12.9. The second-order valence-electron chi connectivity index (χ2n) is 9.51. The maximum absolute atomic E-state index is 12.9. The van der Waals surface area contributed by atoms with Crippen molar-refractivity contribution in [3.63, 3.8) is 0 Å². The number of halogens is 3. The van der Waals surface area contributed by atoms with Crippen molar-refractivity contribution >= 4 is 22.5 Å². The van der Waals surface area contributed by atoms with Gasteiger partial charge >= 0.3 is 6.18 Å². The van der Waals surface area contributed by atoms with Crippen LogP contribution in [0.1, 0.15) is 56.8 Å². The van der Waals surface area contributed by atoms with Gasteiger partial charge in [0.25, 0.3) is 0 Å². The molecule has 1 aliphatic rings. The van der Waals surface area contributed by atoms with Crippen molar-refractivity contribution in [3.05, 3.63) is 54.4 Å². The average Bonchev–Trinajstić information content (AvgIpc) is 3.48. The van der Waals surface area contributed by atoms with E-state index in [1.54, 1.807) is 12.3 Å². The fourth-order valence-electron chi connectivity index (χ4n) is 4.54. The highest BCUT2D eigenvalue weighted by molar-refractivity contribution is 5.86. The fourth-order valence-corrected chi connectivity index (χ4v) is 4.54. The normalized spacial score (nSPS) is 18.7. The van der Waals surface area contributed by atoms with Gasteiger partial charge in [-0.3, -0.25) is 0 Å². The predicted molar refractivity (Wildman–Crippen MR) is 125 cm³/mol. The maximum Gasteiger partial charge on any atom is 0.434 e. The molecular weight excluding hydrogens is 461 g/mol. The highest BCUT2D eigenvalue weighted by Gasteiger charge is 2.34. The van der Waals surface area contributed by atoms with Crippen LogP contribution in [0.5, 0.6) is 0 Å². The molecule has 0 bridgehead atoms. The summed E-state index contributed by atoms with van der Waals surface area (Å²) in [6.45, 7) is 2.60. The molecule has 1 saturated carbocycles. The van der Waals surface area contributed by atoms with Crippen molar-refractivity contribution < 1.29 is 23.4 Å². The number of nitrogen functional groups attached to an aromatic ring is 1. The fraction of sp³-hybridized carbons (Fsp3) is 0.458. The van der Waals surface area contributed by atoms with Crippen LogP contribution in [-0.2, 0) is 12.6 Å². The van der Waals surface area contributed by atoms with Crippen LogP contribution < -0.4 is 5.73 Å². The highest BCUT2D eigenvalue weighted by atomic mass is 19.4. The van der Waals surface area contributed by atoms with Gasteiger partial charge in [0.2, 0.25) is 0 Å². The number of hydrogen-bond acceptors (Lipinski definition) is 6. The number of fused-ring (bicyclic) bond motifs is 2. The molecule has 1 aliphatic carbocycles. The number of nitrogens with two attached hydrogens (primary N) is 1. The Morgan fingerprint density at radius 3 is 2.57 bits per heavy atom. The molecule has 0 aliphatic heterocycles. The molecule has 0 spiro atoms. The smallest absolute Gasteiger partial charge is 0.383 e. The summed E-state index contributed by atoms with van der Waals surface area (Å²) >= 11 is 0. The third kappa shape index (κ3) is 6.09. The van der Waals surface area contributed by atoms with Crippen LogP contribution in [0, 0.1) is 5.92 Å². The first-order chi connectivity index (χ1) is 16.4. The first-order valence-electron chi connectivity index (χ1n) is 11.4. The van der Waals surface area contributed by atoms with Crippen molar-refractivity contribution in [1.82, 2.24) is 23.9 Å². The molecule has 2 unspecified atom stereocenters. The Bertz CT molecular complexity index is 1300. The third-order valence-corrected chi connectivity index (χ3v) is 6.10. The zero-order chi connectivity index (χ0) is 25.4. The van der Waals surface area contributed by atoms with Gasteiger partial charge in [0.15, 0.2) is 11.5 Å². The molecule has 35 heavy (non-hydrogen) atoms. The van der Waals surface area contributed by atoms with Gasteiger partial charge < -0.3 is 24.9 Å². The number of hydrogen-bond donors (Lipinski definition) is 3. The number of aliphatic hydroxyl groups is 2. The summed E-state index contributed by atoms with van der Waals surface area (Å²) in [7, 11) is 0. The summed E-state index contributed by atoms with van der Waals surface area (Å²) < 4.78 is 42.2. The summed E-state index contributed by atoms with van der Waals surface area (Å²) in [6.07, 6.45) is 6.85. The number of imidazole rings is 1. The topological polar surface area (TPSA) is 114 Å². The van der Waals surface area contributed by atoms with Crippen molar-refractivity contribution in [2.24, 2.45) is 5.92 Å². The van der Waals surface area contributed by atoms with E-state index in [0.29, 0.717) is 23.4 Å². The summed E-state index contributed by atoms with van der Waals surface area (Å²) in [6, 6.07) is 5.97. The quantitative estimate of drug-likeness (QED) is 0.366. The number of aryl methyl sites for hydroxylation is 1. The van der Waals surface area contributed by atoms with Crippen molar-refractivity contribution in [1.29, 1.82) is 0 Å². The minimum Gasteiger partial charge on any atom is -0.383 e. The van der Waals surface area contributed by atoms with E-state index in [2.05, 4.69) is 19.5 Å². The summed E-state index contributed by atoms with van der Waals surface area (Å²) in [5.74, 6) is -0.440.